The number of nitrogens with one attached hydrogen (secondary N) is 1. The van der Waals surface area contributed by atoms with Crippen molar-refractivity contribution in [2.45, 2.75) is 18.8 Å². The van der Waals surface area contributed by atoms with Crippen molar-refractivity contribution in [3.63, 3.8) is 0 Å². The van der Waals surface area contributed by atoms with Crippen LogP contribution in [0.3, 0.4) is 0 Å². The molecule has 0 aliphatic carbocycles. The number of methoxy groups -OCH3 is 3. The second-order valence-corrected chi connectivity index (χ2v) is 9.12. The van der Waals surface area contributed by atoms with E-state index in [0.29, 0.717) is 6.54 Å². The van der Waals surface area contributed by atoms with E-state index in [1.165, 1.54) is 0 Å². The zero-order valence-electron chi connectivity index (χ0n) is 20.1. The molecule has 0 heterocycles. The van der Waals surface area contributed by atoms with Gasteiger partial charge >= 0.3 is 0 Å². The second kappa shape index (κ2) is 12.8. The van der Waals surface area contributed by atoms with Crippen molar-refractivity contribution in [1.82, 2.24) is 0 Å². The van der Waals surface area contributed by atoms with Crippen molar-refractivity contribution >= 4 is 15.9 Å². The molecule has 7 heteroatoms. The number of quaternary nitrogens is 1. The van der Waals surface area contributed by atoms with Gasteiger partial charge in [0.2, 0.25) is 0 Å². The molecule has 3 aromatic carbocycles. The number of aliphatic hydroxyl groups excluding tert-OH is 1. The molecule has 6 nitrogen and oxygen atoms in total. The number of likely N-dealkylation sites (N-methyl/N-ethyl adjacent to an activating group) is 1. The second-order valence-electron chi connectivity index (χ2n) is 8.21. The fourth-order valence-corrected chi connectivity index (χ4v) is 4.30. The highest BCUT2D eigenvalue weighted by Gasteiger charge is 2.20. The highest BCUT2D eigenvalue weighted by molar-refractivity contribution is 9.10. The van der Waals surface area contributed by atoms with Gasteiger partial charge in [0, 0.05) is 10.0 Å². The number of hydrogen-bond donors (Lipinski definition) is 2. The molecule has 0 fully saturated rings. The minimum atomic E-state index is -0.628. The Kier molecular flexibility index (Phi) is 9.77. The van der Waals surface area contributed by atoms with Crippen LogP contribution in [0.15, 0.2) is 71.2 Å². The van der Waals surface area contributed by atoms with Crippen molar-refractivity contribution in [3.05, 3.63) is 87.9 Å². The molecule has 34 heavy (non-hydrogen) atoms. The lowest BCUT2D eigenvalue weighted by atomic mass is 10.0. The van der Waals surface area contributed by atoms with Crippen LogP contribution in [0.2, 0.25) is 0 Å². The first-order chi connectivity index (χ1) is 16.4. The molecule has 2 N–H and O–H groups in total. The lowest BCUT2D eigenvalue weighted by Gasteiger charge is -2.23. The zero-order valence-corrected chi connectivity index (χ0v) is 21.7. The zero-order chi connectivity index (χ0) is 24.5. The number of aliphatic hydroxyl groups is 1. The summed E-state index contributed by atoms with van der Waals surface area (Å²) in [7, 11) is 7.01. The largest absolute Gasteiger partial charge is 0.497 e. The third-order valence-electron chi connectivity index (χ3n) is 5.61. The number of ether oxygens (including phenoxy) is 4. The van der Waals surface area contributed by atoms with Crippen LogP contribution in [0, 0.1) is 0 Å². The van der Waals surface area contributed by atoms with E-state index in [9.17, 15) is 5.11 Å². The van der Waals surface area contributed by atoms with E-state index in [4.69, 9.17) is 18.9 Å². The molecule has 0 aliphatic rings. The van der Waals surface area contributed by atoms with Crippen LogP contribution in [0.5, 0.6) is 17.2 Å². The molecule has 0 amide bonds. The third kappa shape index (κ3) is 7.21. The Balaban J connectivity index is 1.67. The molecule has 0 spiro atoms. The fourth-order valence-electron chi connectivity index (χ4n) is 3.89. The highest BCUT2D eigenvalue weighted by atomic mass is 79.9. The fraction of sp³-hybridized carbons (Fsp3) is 0.333. The van der Waals surface area contributed by atoms with Crippen molar-refractivity contribution in [3.8, 4) is 17.2 Å². The van der Waals surface area contributed by atoms with E-state index in [2.05, 4.69) is 22.0 Å². The van der Waals surface area contributed by atoms with Gasteiger partial charge in [-0.3, -0.25) is 0 Å². The van der Waals surface area contributed by atoms with E-state index in [1.54, 1.807) is 21.3 Å². The number of benzene rings is 3. The van der Waals surface area contributed by atoms with E-state index in [1.807, 2.05) is 67.7 Å². The number of halogens is 1. The Morgan fingerprint density at radius 1 is 0.824 bits per heavy atom. The molecule has 2 atom stereocenters. The van der Waals surface area contributed by atoms with Crippen LogP contribution in [-0.4, -0.2) is 52.7 Å². The monoisotopic (exact) mass is 530 g/mol. The summed E-state index contributed by atoms with van der Waals surface area (Å²) in [6.07, 6.45) is -0.950. The SMILES string of the molecule is COc1ccc(C(OC[C@H](O)C[NH+](C)Cc2cc(Br)ccc2OC)c2ccc(OC)cc2)cc1. The van der Waals surface area contributed by atoms with Crippen molar-refractivity contribution in [1.29, 1.82) is 0 Å². The first-order valence-corrected chi connectivity index (χ1v) is 11.9. The summed E-state index contributed by atoms with van der Waals surface area (Å²) in [5.41, 5.74) is 3.05. The van der Waals surface area contributed by atoms with Crippen LogP contribution in [0.1, 0.15) is 22.8 Å². The summed E-state index contributed by atoms with van der Waals surface area (Å²) >= 11 is 3.52. The molecule has 0 radical (unpaired) electrons. The van der Waals surface area contributed by atoms with Gasteiger partial charge < -0.3 is 29.0 Å². The predicted octanol–water partition coefficient (Wildman–Crippen LogP) is 3.66. The van der Waals surface area contributed by atoms with Gasteiger partial charge in [0.1, 0.15) is 42.5 Å². The van der Waals surface area contributed by atoms with E-state index >= 15 is 0 Å². The van der Waals surface area contributed by atoms with Crippen LogP contribution >= 0.6 is 15.9 Å². The van der Waals surface area contributed by atoms with Crippen molar-refractivity contribution < 1.29 is 29.0 Å². The Labute approximate surface area is 210 Å². The van der Waals surface area contributed by atoms with Crippen molar-refractivity contribution in [2.75, 3.05) is 41.5 Å². The number of hydrogen-bond acceptors (Lipinski definition) is 5. The number of rotatable bonds is 12. The summed E-state index contributed by atoms with van der Waals surface area (Å²) in [5, 5.41) is 10.8. The molecule has 0 bridgehead atoms. The predicted molar refractivity (Wildman–Crippen MR) is 136 cm³/mol. The van der Waals surface area contributed by atoms with Gasteiger partial charge in [0.25, 0.3) is 0 Å². The Bertz CT molecular complexity index is 979. The van der Waals surface area contributed by atoms with E-state index in [-0.39, 0.29) is 12.7 Å². The Hall–Kier alpha value is -2.58. The molecule has 3 aromatic rings. The van der Waals surface area contributed by atoms with E-state index < -0.39 is 6.10 Å². The van der Waals surface area contributed by atoms with Gasteiger partial charge in [-0.2, -0.15) is 0 Å². The molecule has 0 saturated heterocycles. The standard InChI is InChI=1S/C27H32BrNO5/c1-29(16-21-15-22(28)9-14-26(21)33-4)17-23(30)18-34-27(19-5-10-24(31-2)11-6-19)20-7-12-25(32-3)13-8-20/h5-15,23,27,30H,16-18H2,1-4H3/p+1/t23-/m1/s1. The summed E-state index contributed by atoms with van der Waals surface area (Å²) in [6.45, 7) is 1.46. The van der Waals surface area contributed by atoms with Crippen LogP contribution < -0.4 is 19.1 Å². The summed E-state index contributed by atoms with van der Waals surface area (Å²) in [4.78, 5) is 1.15. The first kappa shape index (κ1) is 26.0. The summed E-state index contributed by atoms with van der Waals surface area (Å²) < 4.78 is 23.3. The first-order valence-electron chi connectivity index (χ1n) is 11.1. The molecule has 0 saturated carbocycles. The van der Waals surface area contributed by atoms with Gasteiger partial charge in [-0.15, -0.1) is 0 Å². The molecule has 3 rings (SSSR count). The Morgan fingerprint density at radius 2 is 1.38 bits per heavy atom. The van der Waals surface area contributed by atoms with Gasteiger partial charge in [-0.25, -0.2) is 0 Å². The molecule has 0 aliphatic heterocycles. The summed E-state index contributed by atoms with van der Waals surface area (Å²) in [5.74, 6) is 2.41. The molecular weight excluding hydrogens is 498 g/mol. The molecule has 0 aromatic heterocycles. The smallest absolute Gasteiger partial charge is 0.127 e. The molecular formula is C27H33BrNO5+. The van der Waals surface area contributed by atoms with E-state index in [0.717, 1.165) is 49.9 Å². The van der Waals surface area contributed by atoms with Crippen molar-refractivity contribution in [2.24, 2.45) is 0 Å². The minimum Gasteiger partial charge on any atom is -0.497 e. The maximum Gasteiger partial charge on any atom is 0.127 e. The lowest BCUT2D eigenvalue weighted by Crippen LogP contribution is -3.08. The topological polar surface area (TPSA) is 61.6 Å². The van der Waals surface area contributed by atoms with Gasteiger partial charge in [-0.05, 0) is 53.6 Å². The van der Waals surface area contributed by atoms with Crippen LogP contribution in [0.4, 0.5) is 0 Å². The highest BCUT2D eigenvalue weighted by Crippen LogP contribution is 2.29. The Morgan fingerprint density at radius 3 is 1.88 bits per heavy atom. The lowest BCUT2D eigenvalue weighted by molar-refractivity contribution is -0.897. The molecule has 1 unspecified atom stereocenters. The minimum absolute atomic E-state index is 0.204. The molecule has 182 valence electrons. The normalized spacial score (nSPS) is 12.9. The quantitative estimate of drug-likeness (QED) is 0.374. The van der Waals surface area contributed by atoms with Gasteiger partial charge in [0.15, 0.2) is 0 Å². The third-order valence-corrected chi connectivity index (χ3v) is 6.10. The van der Waals surface area contributed by atoms with Crippen LogP contribution in [-0.2, 0) is 11.3 Å². The van der Waals surface area contributed by atoms with Gasteiger partial charge in [-0.1, -0.05) is 40.2 Å². The summed E-state index contributed by atoms with van der Waals surface area (Å²) in [6, 6.07) is 21.5. The van der Waals surface area contributed by atoms with Gasteiger partial charge in [0.05, 0.1) is 35.0 Å². The van der Waals surface area contributed by atoms with Crippen LogP contribution in [0.25, 0.3) is 0 Å². The average molecular weight is 531 g/mol. The maximum atomic E-state index is 10.8. The maximum absolute atomic E-state index is 10.8. The average Bonchev–Trinajstić information content (AvgIpc) is 2.85.